The molecule has 22 heavy (non-hydrogen) atoms. The monoisotopic (exact) mass is 425 g/mol. The van der Waals surface area contributed by atoms with Crippen LogP contribution in [0.25, 0.3) is 0 Å². The van der Waals surface area contributed by atoms with Crippen molar-refractivity contribution in [3.8, 4) is 5.75 Å². The number of guanidine groups is 1. The highest BCUT2D eigenvalue weighted by atomic mass is 127. The molecule has 1 aromatic carbocycles. The Balaban J connectivity index is 0.00000242. The number of fused-ring (bicyclic) bond motifs is 1. The van der Waals surface area contributed by atoms with Crippen LogP contribution in [0.4, 0.5) is 4.39 Å². The van der Waals surface area contributed by atoms with Crippen LogP contribution in [-0.2, 0) is 22.6 Å². The van der Waals surface area contributed by atoms with Gasteiger partial charge in [0.05, 0.1) is 13.2 Å². The maximum absolute atomic E-state index is 13.6. The molecule has 0 fully saturated rings. The van der Waals surface area contributed by atoms with Crippen molar-refractivity contribution in [2.75, 3.05) is 34.1 Å². The van der Waals surface area contributed by atoms with Gasteiger partial charge in [-0.25, -0.2) is 4.39 Å². The largest absolute Gasteiger partial charge is 0.467 e. The summed E-state index contributed by atoms with van der Waals surface area (Å²) in [6.45, 7) is 2.18. The Labute approximate surface area is 146 Å². The fraction of sp³-hybridized carbons (Fsp3) is 0.500. The molecule has 0 saturated heterocycles. The van der Waals surface area contributed by atoms with Crippen LogP contribution in [0.15, 0.2) is 17.1 Å². The zero-order valence-electron chi connectivity index (χ0n) is 12.6. The first-order valence-corrected chi connectivity index (χ1v) is 6.70. The molecule has 6 nitrogen and oxygen atoms in total. The van der Waals surface area contributed by atoms with Crippen LogP contribution in [0.2, 0.25) is 0 Å². The highest BCUT2D eigenvalue weighted by Gasteiger charge is 2.17. The second-order valence-electron chi connectivity index (χ2n) is 4.51. The topological polar surface area (TPSA) is 64.1 Å². The molecule has 124 valence electrons. The van der Waals surface area contributed by atoms with Crippen molar-refractivity contribution in [1.29, 1.82) is 0 Å². The quantitative estimate of drug-likeness (QED) is 0.325. The van der Waals surface area contributed by atoms with Crippen LogP contribution in [0.5, 0.6) is 5.75 Å². The molecule has 0 amide bonds. The summed E-state index contributed by atoms with van der Waals surface area (Å²) in [6, 6.07) is 2.89. The van der Waals surface area contributed by atoms with E-state index >= 15 is 0 Å². The van der Waals surface area contributed by atoms with Crippen LogP contribution in [0.3, 0.4) is 0 Å². The standard InChI is InChI=1S/C14H20FN3O3.HI/c1-16-14(17-3-4-19-2)18-7-10-5-12(15)6-11-8-20-9-21-13(10)11;/h5-6H,3-4,7-9H2,1-2H3,(H2,16,17,18);1H. The number of aliphatic imine (C=N–C) groups is 1. The van der Waals surface area contributed by atoms with Gasteiger partial charge in [-0.3, -0.25) is 4.99 Å². The summed E-state index contributed by atoms with van der Waals surface area (Å²) in [5.41, 5.74) is 1.46. The fourth-order valence-electron chi connectivity index (χ4n) is 2.06. The Hall–Kier alpha value is -1.13. The minimum atomic E-state index is -0.304. The molecule has 0 unspecified atom stereocenters. The molecule has 1 heterocycles. The van der Waals surface area contributed by atoms with Crippen LogP contribution >= 0.6 is 24.0 Å². The van der Waals surface area contributed by atoms with E-state index in [1.165, 1.54) is 12.1 Å². The number of hydrogen-bond donors (Lipinski definition) is 2. The second kappa shape index (κ2) is 9.80. The van der Waals surface area contributed by atoms with Gasteiger partial charge < -0.3 is 24.8 Å². The van der Waals surface area contributed by atoms with Gasteiger partial charge in [0.25, 0.3) is 0 Å². The Bertz CT molecular complexity index is 514. The van der Waals surface area contributed by atoms with Crippen molar-refractivity contribution in [2.24, 2.45) is 4.99 Å². The first kappa shape index (κ1) is 18.9. The average molecular weight is 425 g/mol. The number of rotatable bonds is 5. The molecule has 2 N–H and O–H groups in total. The minimum Gasteiger partial charge on any atom is -0.467 e. The van der Waals surface area contributed by atoms with E-state index in [2.05, 4.69) is 15.6 Å². The van der Waals surface area contributed by atoms with Crippen molar-refractivity contribution in [2.45, 2.75) is 13.2 Å². The van der Waals surface area contributed by atoms with Crippen LogP contribution in [0.1, 0.15) is 11.1 Å². The van der Waals surface area contributed by atoms with Gasteiger partial charge in [0.15, 0.2) is 12.8 Å². The molecule has 0 spiro atoms. The van der Waals surface area contributed by atoms with Crippen LogP contribution in [0, 0.1) is 5.82 Å². The molecular formula is C14H21FIN3O3. The lowest BCUT2D eigenvalue weighted by molar-refractivity contribution is -0.0172. The molecule has 0 aliphatic carbocycles. The predicted molar refractivity (Wildman–Crippen MR) is 92.2 cm³/mol. The van der Waals surface area contributed by atoms with Crippen molar-refractivity contribution in [3.05, 3.63) is 29.1 Å². The van der Waals surface area contributed by atoms with Crippen LogP contribution in [-0.4, -0.2) is 40.1 Å². The molecule has 1 aromatic rings. The van der Waals surface area contributed by atoms with Gasteiger partial charge in [-0.05, 0) is 12.1 Å². The maximum Gasteiger partial charge on any atom is 0.191 e. The third-order valence-corrected chi connectivity index (χ3v) is 3.02. The summed E-state index contributed by atoms with van der Waals surface area (Å²) in [4.78, 5) is 4.09. The summed E-state index contributed by atoms with van der Waals surface area (Å²) in [6.07, 6.45) is 0. The fourth-order valence-corrected chi connectivity index (χ4v) is 2.06. The lowest BCUT2D eigenvalue weighted by atomic mass is 10.1. The second-order valence-corrected chi connectivity index (χ2v) is 4.51. The first-order valence-electron chi connectivity index (χ1n) is 6.70. The lowest BCUT2D eigenvalue weighted by Gasteiger charge is -2.21. The third-order valence-electron chi connectivity index (χ3n) is 3.02. The van der Waals surface area contributed by atoms with Gasteiger partial charge in [-0.2, -0.15) is 0 Å². The summed E-state index contributed by atoms with van der Waals surface area (Å²) in [5.74, 6) is 1.00. The van der Waals surface area contributed by atoms with E-state index in [1.807, 2.05) is 0 Å². The molecule has 0 aromatic heterocycles. The van der Waals surface area contributed by atoms with E-state index in [4.69, 9.17) is 14.2 Å². The zero-order valence-corrected chi connectivity index (χ0v) is 15.0. The molecule has 8 heteroatoms. The highest BCUT2D eigenvalue weighted by molar-refractivity contribution is 14.0. The van der Waals surface area contributed by atoms with Gasteiger partial charge in [-0.15, -0.1) is 24.0 Å². The van der Waals surface area contributed by atoms with E-state index in [1.54, 1.807) is 14.2 Å². The van der Waals surface area contributed by atoms with Gasteiger partial charge >= 0.3 is 0 Å². The predicted octanol–water partition coefficient (Wildman–Crippen LogP) is 1.62. The number of hydrogen-bond acceptors (Lipinski definition) is 4. The normalized spacial score (nSPS) is 13.7. The van der Waals surface area contributed by atoms with Crippen molar-refractivity contribution in [1.82, 2.24) is 10.6 Å². The molecule has 0 atom stereocenters. The van der Waals surface area contributed by atoms with Crippen molar-refractivity contribution < 1.29 is 18.6 Å². The van der Waals surface area contributed by atoms with Crippen molar-refractivity contribution >= 4 is 29.9 Å². The SMILES string of the molecule is CN=C(NCCOC)NCc1cc(F)cc2c1OCOC2.I. The minimum absolute atomic E-state index is 0. The Kier molecular flexibility index (Phi) is 8.43. The average Bonchev–Trinajstić information content (AvgIpc) is 2.50. The van der Waals surface area contributed by atoms with E-state index in [0.717, 1.165) is 11.1 Å². The molecule has 1 aliphatic heterocycles. The molecule has 0 saturated carbocycles. The molecule has 2 rings (SSSR count). The number of nitrogens with zero attached hydrogens (tertiary/aromatic N) is 1. The zero-order chi connectivity index (χ0) is 15.1. The van der Waals surface area contributed by atoms with E-state index in [-0.39, 0.29) is 36.6 Å². The van der Waals surface area contributed by atoms with Crippen LogP contribution < -0.4 is 15.4 Å². The number of methoxy groups -OCH3 is 1. The van der Waals surface area contributed by atoms with Gasteiger partial charge in [0.2, 0.25) is 0 Å². The highest BCUT2D eigenvalue weighted by Crippen LogP contribution is 2.29. The van der Waals surface area contributed by atoms with Gasteiger partial charge in [0.1, 0.15) is 11.6 Å². The van der Waals surface area contributed by atoms with E-state index in [0.29, 0.717) is 38.0 Å². The molecular weight excluding hydrogens is 404 g/mol. The summed E-state index contributed by atoms with van der Waals surface area (Å²) < 4.78 is 29.2. The number of benzene rings is 1. The van der Waals surface area contributed by atoms with E-state index < -0.39 is 0 Å². The first-order chi connectivity index (χ1) is 10.2. The Morgan fingerprint density at radius 1 is 1.41 bits per heavy atom. The number of halogens is 2. The van der Waals surface area contributed by atoms with E-state index in [9.17, 15) is 4.39 Å². The Morgan fingerprint density at radius 2 is 2.23 bits per heavy atom. The third kappa shape index (κ3) is 5.25. The van der Waals surface area contributed by atoms with Crippen molar-refractivity contribution in [3.63, 3.8) is 0 Å². The van der Waals surface area contributed by atoms with Gasteiger partial charge in [0, 0.05) is 38.4 Å². The number of ether oxygens (including phenoxy) is 3. The lowest BCUT2D eigenvalue weighted by Crippen LogP contribution is -2.38. The molecule has 0 bridgehead atoms. The molecule has 1 aliphatic rings. The maximum atomic E-state index is 13.6. The summed E-state index contributed by atoms with van der Waals surface area (Å²) in [5, 5.41) is 6.21. The Morgan fingerprint density at radius 3 is 2.95 bits per heavy atom. The van der Waals surface area contributed by atoms with Gasteiger partial charge in [-0.1, -0.05) is 0 Å². The summed E-state index contributed by atoms with van der Waals surface area (Å²) >= 11 is 0. The molecule has 0 radical (unpaired) electrons. The number of nitrogens with one attached hydrogen (secondary N) is 2. The summed E-state index contributed by atoms with van der Waals surface area (Å²) in [7, 11) is 3.31. The smallest absolute Gasteiger partial charge is 0.191 e.